The topological polar surface area (TPSA) is 72.5 Å². The molecular weight excluding hydrogens is 613 g/mol. The summed E-state index contributed by atoms with van der Waals surface area (Å²) in [4.78, 5) is 11.1. The van der Waals surface area contributed by atoms with Gasteiger partial charge in [0, 0.05) is 11.6 Å². The minimum atomic E-state index is -8.91. The van der Waals surface area contributed by atoms with E-state index in [4.69, 9.17) is 0 Å². The van der Waals surface area contributed by atoms with Gasteiger partial charge in [-0.1, -0.05) is 6.08 Å². The Bertz CT molecular complexity index is 1030. The molecule has 0 aliphatic heterocycles. The zero-order chi connectivity index (χ0) is 31.4. The maximum absolute atomic E-state index is 13.9. The number of carbonyl (C=O) groups is 1. The van der Waals surface area contributed by atoms with Crippen molar-refractivity contribution in [1.29, 1.82) is 0 Å². The monoisotopic (exact) mass is 625 g/mol. The second-order valence-corrected chi connectivity index (χ2v) is 8.97. The molecule has 0 aliphatic carbocycles. The fourth-order valence-corrected chi connectivity index (χ4v) is 3.45. The van der Waals surface area contributed by atoms with Crippen LogP contribution in [0.3, 0.4) is 0 Å². The molecule has 0 rings (SSSR count). The zero-order valence-corrected chi connectivity index (χ0v) is 18.9. The fourth-order valence-electron chi connectivity index (χ4n) is 2.27. The summed E-state index contributed by atoms with van der Waals surface area (Å²) in [6.07, 6.45) is -7.63. The zero-order valence-electron chi connectivity index (χ0n) is 18.1. The summed E-state index contributed by atoms with van der Waals surface area (Å²) in [5.41, 5.74) is -0.679. The van der Waals surface area contributed by atoms with E-state index in [-0.39, 0.29) is 6.08 Å². The lowest BCUT2D eigenvalue weighted by Gasteiger charge is -2.42. The third kappa shape index (κ3) is 5.10. The summed E-state index contributed by atoms with van der Waals surface area (Å²) >= 11 is 0. The summed E-state index contributed by atoms with van der Waals surface area (Å²) in [5, 5.41) is -7.69. The standard InChI is InChI=1S/C15H12F17NO4S/c1-5(7(34)37-3)4-6(2)33-38(35,36)15(31,32)13(26,27)11(22,23)9(18,19)8(16,17)10(20,21)12(24,25)14(28,29)30/h4,6,33H,1-3H3. The van der Waals surface area contributed by atoms with Crippen molar-refractivity contribution in [3.8, 4) is 0 Å². The number of methoxy groups -OCH3 is 1. The van der Waals surface area contributed by atoms with Crippen molar-refractivity contribution in [3.63, 3.8) is 0 Å². The quantitative estimate of drug-likeness (QED) is 0.190. The number of carbonyl (C=O) groups excluding carboxylic acids is 1. The molecule has 226 valence electrons. The maximum atomic E-state index is 13.9. The van der Waals surface area contributed by atoms with Crippen molar-refractivity contribution < 1.29 is 92.6 Å². The van der Waals surface area contributed by atoms with Crippen LogP contribution in [0.25, 0.3) is 0 Å². The van der Waals surface area contributed by atoms with E-state index in [2.05, 4.69) is 4.74 Å². The number of rotatable bonds is 11. The van der Waals surface area contributed by atoms with Gasteiger partial charge in [0.15, 0.2) is 0 Å². The Morgan fingerprint density at radius 1 is 0.684 bits per heavy atom. The third-order valence-corrected chi connectivity index (χ3v) is 5.99. The average molecular weight is 625 g/mol. The van der Waals surface area contributed by atoms with Crippen molar-refractivity contribution in [3.05, 3.63) is 11.6 Å². The number of sulfonamides is 1. The van der Waals surface area contributed by atoms with E-state index >= 15 is 0 Å². The molecule has 0 spiro atoms. The molecular formula is C15H12F17NO4S. The van der Waals surface area contributed by atoms with Gasteiger partial charge >= 0.3 is 52.9 Å². The van der Waals surface area contributed by atoms with Gasteiger partial charge in [0.1, 0.15) is 0 Å². The lowest BCUT2D eigenvalue weighted by Crippen LogP contribution is -2.75. The summed E-state index contributed by atoms with van der Waals surface area (Å²) in [6, 6.07) is -2.30. The molecule has 1 N–H and O–H groups in total. The number of alkyl halides is 17. The first kappa shape index (κ1) is 35.9. The van der Waals surface area contributed by atoms with Crippen LogP contribution in [0.15, 0.2) is 11.6 Å². The highest BCUT2D eigenvalue weighted by atomic mass is 32.2. The van der Waals surface area contributed by atoms with Gasteiger partial charge in [-0.15, -0.1) is 0 Å². The minimum absolute atomic E-state index is 0.276. The van der Waals surface area contributed by atoms with Gasteiger partial charge in [-0.2, -0.15) is 74.6 Å². The normalized spacial score (nSPS) is 16.9. The highest BCUT2D eigenvalue weighted by Gasteiger charge is 2.96. The Morgan fingerprint density at radius 3 is 1.32 bits per heavy atom. The van der Waals surface area contributed by atoms with Crippen LogP contribution in [0.2, 0.25) is 0 Å². The van der Waals surface area contributed by atoms with Crippen LogP contribution in [0, 0.1) is 0 Å². The Hall–Kier alpha value is -2.07. The molecule has 0 aliphatic rings. The number of hydrogen-bond acceptors (Lipinski definition) is 4. The average Bonchev–Trinajstić information content (AvgIpc) is 2.70. The van der Waals surface area contributed by atoms with Crippen molar-refractivity contribution >= 4 is 16.0 Å². The second-order valence-electron chi connectivity index (χ2n) is 7.21. The first-order chi connectivity index (χ1) is 16.3. The molecule has 0 amide bonds. The summed E-state index contributed by atoms with van der Waals surface area (Å²) in [6.45, 7) is 1.19. The Kier molecular flexibility index (Phi) is 9.30. The van der Waals surface area contributed by atoms with Crippen molar-refractivity contribution in [2.24, 2.45) is 0 Å². The second kappa shape index (κ2) is 9.84. The van der Waals surface area contributed by atoms with Gasteiger partial charge in [-0.05, 0) is 13.8 Å². The molecule has 1 unspecified atom stereocenters. The molecule has 0 heterocycles. The highest BCUT2D eigenvalue weighted by Crippen LogP contribution is 2.64. The summed E-state index contributed by atoms with van der Waals surface area (Å²) in [5.74, 6) is -53.3. The fraction of sp³-hybridized carbons (Fsp3) is 0.800. The Morgan fingerprint density at radius 2 is 1.00 bits per heavy atom. The SMILES string of the molecule is COC(=O)C(C)=CC(C)NS(=O)(=O)C(F)(F)C(F)(F)C(F)(F)C(F)(F)C(F)(F)C(F)(F)C(F)(F)C(F)(F)F. The van der Waals surface area contributed by atoms with Crippen LogP contribution in [0.5, 0.6) is 0 Å². The third-order valence-electron chi connectivity index (χ3n) is 4.38. The first-order valence-corrected chi connectivity index (χ1v) is 10.2. The largest absolute Gasteiger partial charge is 0.466 e. The van der Waals surface area contributed by atoms with E-state index in [1.54, 1.807) is 0 Å². The number of ether oxygens (including phenoxy) is 1. The van der Waals surface area contributed by atoms with E-state index < -0.39 is 74.6 Å². The molecule has 0 aromatic carbocycles. The number of halogens is 17. The lowest BCUT2D eigenvalue weighted by molar-refractivity contribution is -0.458. The van der Waals surface area contributed by atoms with Gasteiger partial charge in [-0.25, -0.2) is 17.9 Å². The Labute approximate surface area is 200 Å². The molecule has 0 fully saturated rings. The predicted octanol–water partition coefficient (Wildman–Crippen LogP) is 5.38. The molecule has 0 bridgehead atoms. The molecule has 1 atom stereocenters. The number of hydrogen-bond donors (Lipinski definition) is 1. The van der Waals surface area contributed by atoms with Crippen LogP contribution in [0.4, 0.5) is 74.6 Å². The van der Waals surface area contributed by atoms with E-state index in [0.717, 1.165) is 14.0 Å². The molecule has 23 heteroatoms. The Balaban J connectivity index is 6.82. The van der Waals surface area contributed by atoms with E-state index in [0.29, 0.717) is 11.6 Å². The van der Waals surface area contributed by atoms with Crippen LogP contribution in [0.1, 0.15) is 13.8 Å². The van der Waals surface area contributed by atoms with Crippen LogP contribution in [-0.4, -0.2) is 74.5 Å². The summed E-state index contributed by atoms with van der Waals surface area (Å²) < 4.78 is 253. The number of nitrogens with one attached hydrogen (secondary N) is 1. The van der Waals surface area contributed by atoms with Gasteiger partial charge in [0.2, 0.25) is 0 Å². The molecule has 0 aromatic rings. The van der Waals surface area contributed by atoms with Crippen LogP contribution >= 0.6 is 0 Å². The minimum Gasteiger partial charge on any atom is -0.466 e. The lowest BCUT2D eigenvalue weighted by atomic mass is 9.91. The van der Waals surface area contributed by atoms with Gasteiger partial charge in [0.05, 0.1) is 7.11 Å². The maximum Gasteiger partial charge on any atom is 0.460 e. The first-order valence-electron chi connectivity index (χ1n) is 8.76. The highest BCUT2D eigenvalue weighted by molar-refractivity contribution is 7.90. The van der Waals surface area contributed by atoms with E-state index in [1.165, 1.54) is 0 Å². The van der Waals surface area contributed by atoms with E-state index in [1.807, 2.05) is 0 Å². The van der Waals surface area contributed by atoms with Gasteiger partial charge < -0.3 is 4.74 Å². The molecule has 5 nitrogen and oxygen atoms in total. The van der Waals surface area contributed by atoms with Crippen molar-refractivity contribution in [2.45, 2.75) is 66.9 Å². The van der Waals surface area contributed by atoms with E-state index in [9.17, 15) is 87.8 Å². The number of esters is 1. The predicted molar refractivity (Wildman–Crippen MR) is 88.0 cm³/mol. The molecule has 0 saturated heterocycles. The van der Waals surface area contributed by atoms with Crippen molar-refractivity contribution in [2.75, 3.05) is 7.11 Å². The van der Waals surface area contributed by atoms with Gasteiger partial charge in [-0.3, -0.25) is 0 Å². The van der Waals surface area contributed by atoms with Crippen molar-refractivity contribution in [1.82, 2.24) is 4.72 Å². The molecule has 0 radical (unpaired) electrons. The van der Waals surface area contributed by atoms with Crippen LogP contribution < -0.4 is 4.72 Å². The molecule has 0 aromatic heterocycles. The van der Waals surface area contributed by atoms with Gasteiger partial charge in [0.25, 0.3) is 10.0 Å². The smallest absolute Gasteiger partial charge is 0.460 e. The van der Waals surface area contributed by atoms with Crippen LogP contribution in [-0.2, 0) is 19.6 Å². The molecule has 0 saturated carbocycles. The summed E-state index contributed by atoms with van der Waals surface area (Å²) in [7, 11) is -6.76. The molecule has 38 heavy (non-hydrogen) atoms.